The van der Waals surface area contributed by atoms with E-state index < -0.39 is 26.8 Å². The van der Waals surface area contributed by atoms with Gasteiger partial charge >= 0.3 is 6.18 Å². The van der Waals surface area contributed by atoms with E-state index in [2.05, 4.69) is 19.4 Å². The van der Waals surface area contributed by atoms with Gasteiger partial charge in [0, 0.05) is 23.2 Å². The van der Waals surface area contributed by atoms with Gasteiger partial charge in [-0.3, -0.25) is 9.71 Å². The van der Waals surface area contributed by atoms with Crippen molar-refractivity contribution in [2.45, 2.75) is 11.1 Å². The van der Waals surface area contributed by atoms with Gasteiger partial charge in [0.25, 0.3) is 10.0 Å². The summed E-state index contributed by atoms with van der Waals surface area (Å²) >= 11 is 5.89. The van der Waals surface area contributed by atoms with E-state index in [-0.39, 0.29) is 27.7 Å². The molecule has 4 aromatic rings. The Morgan fingerprint density at radius 1 is 1.12 bits per heavy atom. The van der Waals surface area contributed by atoms with Crippen molar-refractivity contribution in [3.63, 3.8) is 0 Å². The molecule has 0 bridgehead atoms. The van der Waals surface area contributed by atoms with Crippen LogP contribution in [0.3, 0.4) is 0 Å². The Bertz CT molecular complexity index is 1410. The van der Waals surface area contributed by atoms with Crippen LogP contribution >= 0.6 is 11.6 Å². The summed E-state index contributed by atoms with van der Waals surface area (Å²) in [5.74, 6) is -0.0595. The van der Waals surface area contributed by atoms with Gasteiger partial charge in [0.1, 0.15) is 12.0 Å². The molecule has 0 saturated carbocycles. The number of aromatic nitrogens is 2. The quantitative estimate of drug-likeness (QED) is 0.410. The first-order valence-electron chi connectivity index (χ1n) is 8.87. The van der Waals surface area contributed by atoms with Gasteiger partial charge in [0.05, 0.1) is 28.3 Å². The second-order valence-corrected chi connectivity index (χ2v) is 8.65. The Labute approximate surface area is 184 Å². The van der Waals surface area contributed by atoms with Crippen LogP contribution in [-0.4, -0.2) is 25.7 Å². The third kappa shape index (κ3) is 4.08. The van der Waals surface area contributed by atoms with Gasteiger partial charge in [-0.2, -0.15) is 13.2 Å². The number of sulfonamides is 1. The van der Waals surface area contributed by atoms with Crippen molar-refractivity contribution in [1.82, 2.24) is 10.1 Å². The maximum absolute atomic E-state index is 13.2. The minimum Gasteiger partial charge on any atom is -0.496 e. The average molecular weight is 484 g/mol. The number of nitrogens with zero attached hydrogens (tertiary/aromatic N) is 2. The van der Waals surface area contributed by atoms with Gasteiger partial charge in [-0.05, 0) is 35.7 Å². The number of pyridine rings is 1. The first-order chi connectivity index (χ1) is 15.1. The van der Waals surface area contributed by atoms with Crippen molar-refractivity contribution in [2.75, 3.05) is 11.8 Å². The van der Waals surface area contributed by atoms with Gasteiger partial charge in [0.2, 0.25) is 0 Å². The van der Waals surface area contributed by atoms with Gasteiger partial charge in [-0.15, -0.1) is 0 Å². The molecule has 4 rings (SSSR count). The summed E-state index contributed by atoms with van der Waals surface area (Å²) in [5.41, 5.74) is -0.525. The van der Waals surface area contributed by atoms with E-state index in [1.54, 1.807) is 6.07 Å². The average Bonchev–Trinajstić information content (AvgIpc) is 3.24. The van der Waals surface area contributed by atoms with E-state index in [0.717, 1.165) is 12.1 Å². The third-order valence-corrected chi connectivity index (χ3v) is 6.24. The van der Waals surface area contributed by atoms with Crippen LogP contribution in [0.2, 0.25) is 5.02 Å². The Balaban J connectivity index is 1.83. The molecule has 1 N–H and O–H groups in total. The number of halogens is 4. The van der Waals surface area contributed by atoms with Crippen LogP contribution in [0.4, 0.5) is 19.0 Å². The number of nitrogens with one attached hydrogen (secondary N) is 1. The molecule has 0 aliphatic heterocycles. The second kappa shape index (κ2) is 7.99. The van der Waals surface area contributed by atoms with Crippen LogP contribution in [-0.2, 0) is 16.2 Å². The lowest BCUT2D eigenvalue weighted by Gasteiger charge is -2.15. The monoisotopic (exact) mass is 483 g/mol. The molecule has 2 heterocycles. The Morgan fingerprint density at radius 2 is 1.91 bits per heavy atom. The Morgan fingerprint density at radius 3 is 2.56 bits per heavy atom. The number of hydrogen-bond acceptors (Lipinski definition) is 6. The van der Waals surface area contributed by atoms with Crippen molar-refractivity contribution in [1.29, 1.82) is 0 Å². The van der Waals surface area contributed by atoms with Crippen LogP contribution in [0.25, 0.3) is 22.0 Å². The lowest BCUT2D eigenvalue weighted by molar-refractivity contribution is -0.137. The minimum absolute atomic E-state index is 0.0182. The SMILES string of the molecule is COc1cc(C(F)(F)F)c(Cl)cc1-c1nccc2cc(S(=O)(=O)Nc3ccon3)ccc12. The predicted octanol–water partition coefficient (Wildman–Crippen LogP) is 5.37. The highest BCUT2D eigenvalue weighted by atomic mass is 35.5. The fourth-order valence-corrected chi connectivity index (χ4v) is 4.42. The van der Waals surface area contributed by atoms with Gasteiger partial charge in [-0.1, -0.05) is 22.8 Å². The second-order valence-electron chi connectivity index (χ2n) is 6.56. The van der Waals surface area contributed by atoms with Crippen LogP contribution in [0, 0.1) is 0 Å². The molecule has 32 heavy (non-hydrogen) atoms. The van der Waals surface area contributed by atoms with Crippen molar-refractivity contribution >= 4 is 38.2 Å². The smallest absolute Gasteiger partial charge is 0.417 e. The Kier molecular flexibility index (Phi) is 5.47. The van der Waals surface area contributed by atoms with Crippen LogP contribution in [0.15, 0.2) is 64.3 Å². The molecular formula is C20H13ClF3N3O4S. The van der Waals surface area contributed by atoms with Crippen molar-refractivity contribution in [3.05, 3.63) is 65.5 Å². The number of anilines is 1. The Hall–Kier alpha value is -3.31. The molecule has 166 valence electrons. The highest BCUT2D eigenvalue weighted by Crippen LogP contribution is 2.42. The third-order valence-electron chi connectivity index (χ3n) is 4.57. The fourth-order valence-electron chi connectivity index (χ4n) is 3.12. The van der Waals surface area contributed by atoms with E-state index >= 15 is 0 Å². The maximum Gasteiger partial charge on any atom is 0.417 e. The normalized spacial score (nSPS) is 12.2. The van der Waals surface area contributed by atoms with Gasteiger partial charge in [0.15, 0.2) is 5.82 Å². The summed E-state index contributed by atoms with van der Waals surface area (Å²) in [7, 11) is -2.72. The molecule has 2 aromatic heterocycles. The van der Waals surface area contributed by atoms with Crippen molar-refractivity contribution < 1.29 is 30.8 Å². The highest BCUT2D eigenvalue weighted by molar-refractivity contribution is 7.92. The van der Waals surface area contributed by atoms with E-state index in [4.69, 9.17) is 16.3 Å². The van der Waals surface area contributed by atoms with Crippen LogP contribution in [0.5, 0.6) is 5.75 Å². The minimum atomic E-state index is -4.66. The van der Waals surface area contributed by atoms with E-state index in [1.807, 2.05) is 0 Å². The van der Waals surface area contributed by atoms with Crippen LogP contribution in [0.1, 0.15) is 5.56 Å². The predicted molar refractivity (Wildman–Crippen MR) is 111 cm³/mol. The van der Waals surface area contributed by atoms with Gasteiger partial charge < -0.3 is 9.26 Å². The summed E-state index contributed by atoms with van der Waals surface area (Å²) in [6.07, 6.45) is -2.03. The standard InChI is InChI=1S/C20H13ClF3N3O4S/c1-30-17-10-15(20(22,23)24)16(21)9-14(17)19-13-3-2-12(8-11(13)4-6-25-19)32(28,29)27-18-5-7-31-26-18/h2-10H,1H3,(H,26,27). The molecule has 0 radical (unpaired) electrons. The molecule has 0 spiro atoms. The number of hydrogen-bond donors (Lipinski definition) is 1. The molecule has 0 aliphatic carbocycles. The number of fused-ring (bicyclic) bond motifs is 1. The molecule has 0 aliphatic rings. The van der Waals surface area contributed by atoms with Crippen molar-refractivity contribution in [3.8, 4) is 17.0 Å². The fraction of sp³-hybridized carbons (Fsp3) is 0.100. The summed E-state index contributed by atoms with van der Waals surface area (Å²) in [6, 6.07) is 9.10. The number of rotatable bonds is 5. The van der Waals surface area contributed by atoms with E-state index in [9.17, 15) is 21.6 Å². The molecule has 0 amide bonds. The molecule has 0 atom stereocenters. The molecule has 0 unspecified atom stereocenters. The summed E-state index contributed by atoms with van der Waals surface area (Å²) < 4.78 is 76.9. The number of alkyl halides is 3. The molecule has 0 saturated heterocycles. The van der Waals surface area contributed by atoms with E-state index in [0.29, 0.717) is 10.8 Å². The first kappa shape index (κ1) is 21.9. The zero-order valence-corrected chi connectivity index (χ0v) is 17.7. The lowest BCUT2D eigenvalue weighted by atomic mass is 10.0. The summed E-state index contributed by atoms with van der Waals surface area (Å²) in [6.45, 7) is 0. The molecular weight excluding hydrogens is 471 g/mol. The van der Waals surface area contributed by atoms with Crippen LogP contribution < -0.4 is 9.46 Å². The number of benzene rings is 2. The number of methoxy groups -OCH3 is 1. The topological polar surface area (TPSA) is 94.3 Å². The molecule has 12 heteroatoms. The zero-order chi connectivity index (χ0) is 23.1. The van der Waals surface area contributed by atoms with E-state index in [1.165, 1.54) is 43.8 Å². The van der Waals surface area contributed by atoms with Gasteiger partial charge in [-0.25, -0.2) is 8.42 Å². The molecule has 2 aromatic carbocycles. The largest absolute Gasteiger partial charge is 0.496 e. The number of ether oxygens (including phenoxy) is 1. The molecule has 0 fully saturated rings. The van der Waals surface area contributed by atoms with Crippen molar-refractivity contribution in [2.24, 2.45) is 0 Å². The highest BCUT2D eigenvalue weighted by Gasteiger charge is 2.34. The first-order valence-corrected chi connectivity index (χ1v) is 10.7. The summed E-state index contributed by atoms with van der Waals surface area (Å²) in [4.78, 5) is 4.21. The lowest BCUT2D eigenvalue weighted by Crippen LogP contribution is -2.13. The maximum atomic E-state index is 13.2. The zero-order valence-electron chi connectivity index (χ0n) is 16.1. The molecule has 7 nitrogen and oxygen atoms in total. The summed E-state index contributed by atoms with van der Waals surface area (Å²) in [5, 5.41) is 3.97.